The standard InChI is InChI=1S/C14H25N3S/c1-4-6-15-8-13-9-16-14(18-13)17-7-5-12(10-17)11(2)3/h9,11-12,15H,4-8,10H2,1-3H3. The van der Waals surface area contributed by atoms with E-state index in [1.807, 2.05) is 17.5 Å². The van der Waals surface area contributed by atoms with E-state index < -0.39 is 0 Å². The summed E-state index contributed by atoms with van der Waals surface area (Å²) in [5.41, 5.74) is 0. The van der Waals surface area contributed by atoms with E-state index in [4.69, 9.17) is 0 Å². The largest absolute Gasteiger partial charge is 0.348 e. The minimum Gasteiger partial charge on any atom is -0.348 e. The van der Waals surface area contributed by atoms with Crippen LogP contribution in [-0.2, 0) is 6.54 Å². The molecule has 1 aromatic heterocycles. The summed E-state index contributed by atoms with van der Waals surface area (Å²) in [5, 5.41) is 4.65. The van der Waals surface area contributed by atoms with Gasteiger partial charge in [-0.05, 0) is 31.2 Å². The Morgan fingerprint density at radius 3 is 3.06 bits per heavy atom. The second-order valence-electron chi connectivity index (χ2n) is 5.52. The molecule has 0 spiro atoms. The van der Waals surface area contributed by atoms with Gasteiger partial charge in [0, 0.05) is 30.7 Å². The highest BCUT2D eigenvalue weighted by Gasteiger charge is 2.26. The number of aromatic nitrogens is 1. The van der Waals surface area contributed by atoms with Crippen molar-refractivity contribution in [2.75, 3.05) is 24.5 Å². The first kappa shape index (κ1) is 13.8. The lowest BCUT2D eigenvalue weighted by Gasteiger charge is -2.16. The average molecular weight is 267 g/mol. The topological polar surface area (TPSA) is 28.2 Å². The van der Waals surface area contributed by atoms with Crippen molar-refractivity contribution >= 4 is 16.5 Å². The molecule has 1 aliphatic heterocycles. The van der Waals surface area contributed by atoms with E-state index in [1.54, 1.807) is 0 Å². The zero-order valence-corrected chi connectivity index (χ0v) is 12.6. The molecule has 0 amide bonds. The van der Waals surface area contributed by atoms with Crippen LogP contribution in [0.25, 0.3) is 0 Å². The average Bonchev–Trinajstić information content (AvgIpc) is 2.97. The molecule has 0 radical (unpaired) electrons. The first-order valence-corrected chi connectivity index (χ1v) is 7.92. The van der Waals surface area contributed by atoms with Crippen molar-refractivity contribution < 1.29 is 0 Å². The van der Waals surface area contributed by atoms with Crippen molar-refractivity contribution in [2.45, 2.75) is 40.2 Å². The van der Waals surface area contributed by atoms with Gasteiger partial charge in [0.15, 0.2) is 5.13 Å². The van der Waals surface area contributed by atoms with Gasteiger partial charge in [-0.25, -0.2) is 4.98 Å². The summed E-state index contributed by atoms with van der Waals surface area (Å²) >= 11 is 1.85. The molecule has 102 valence electrons. The van der Waals surface area contributed by atoms with Gasteiger partial charge in [-0.15, -0.1) is 11.3 Å². The van der Waals surface area contributed by atoms with Gasteiger partial charge in [-0.2, -0.15) is 0 Å². The summed E-state index contributed by atoms with van der Waals surface area (Å²) in [5.74, 6) is 1.64. The molecule has 18 heavy (non-hydrogen) atoms. The monoisotopic (exact) mass is 267 g/mol. The van der Waals surface area contributed by atoms with Gasteiger partial charge < -0.3 is 10.2 Å². The van der Waals surface area contributed by atoms with E-state index in [1.165, 1.54) is 35.9 Å². The third-order valence-corrected chi connectivity index (χ3v) is 4.76. The van der Waals surface area contributed by atoms with Crippen molar-refractivity contribution in [3.63, 3.8) is 0 Å². The molecule has 4 heteroatoms. The normalized spacial score (nSPS) is 20.0. The highest BCUT2D eigenvalue weighted by Crippen LogP contribution is 2.30. The maximum atomic E-state index is 4.58. The van der Waals surface area contributed by atoms with Crippen LogP contribution in [0.15, 0.2) is 6.20 Å². The number of thiazole rings is 1. The van der Waals surface area contributed by atoms with Crippen LogP contribution in [0.1, 0.15) is 38.5 Å². The number of hydrogen-bond acceptors (Lipinski definition) is 4. The molecule has 2 rings (SSSR count). The first-order chi connectivity index (χ1) is 8.70. The fraction of sp³-hybridized carbons (Fsp3) is 0.786. The predicted molar refractivity (Wildman–Crippen MR) is 79.3 cm³/mol. The first-order valence-electron chi connectivity index (χ1n) is 7.11. The third-order valence-electron chi connectivity index (χ3n) is 3.71. The van der Waals surface area contributed by atoms with Crippen LogP contribution in [0.5, 0.6) is 0 Å². The molecule has 0 aromatic carbocycles. The van der Waals surface area contributed by atoms with Crippen LogP contribution in [0.3, 0.4) is 0 Å². The van der Waals surface area contributed by atoms with Crippen molar-refractivity contribution in [2.24, 2.45) is 11.8 Å². The van der Waals surface area contributed by atoms with Crippen molar-refractivity contribution in [1.82, 2.24) is 10.3 Å². The zero-order valence-electron chi connectivity index (χ0n) is 11.8. The van der Waals surface area contributed by atoms with Crippen molar-refractivity contribution in [3.8, 4) is 0 Å². The lowest BCUT2D eigenvalue weighted by atomic mass is 9.95. The van der Waals surface area contributed by atoms with Gasteiger partial charge in [-0.3, -0.25) is 0 Å². The molecule has 2 heterocycles. The number of hydrogen-bond donors (Lipinski definition) is 1. The molecule has 1 aromatic rings. The maximum absolute atomic E-state index is 4.58. The molecule has 1 aliphatic rings. The quantitative estimate of drug-likeness (QED) is 0.803. The SMILES string of the molecule is CCCNCc1cnc(N2CCC(C(C)C)C2)s1. The van der Waals surface area contributed by atoms with E-state index in [2.05, 4.69) is 36.0 Å². The molecular weight excluding hydrogens is 242 g/mol. The summed E-state index contributed by atoms with van der Waals surface area (Å²) in [4.78, 5) is 8.39. The highest BCUT2D eigenvalue weighted by molar-refractivity contribution is 7.15. The van der Waals surface area contributed by atoms with Gasteiger partial charge in [0.1, 0.15) is 0 Å². The molecule has 0 bridgehead atoms. The summed E-state index contributed by atoms with van der Waals surface area (Å²) < 4.78 is 0. The van der Waals surface area contributed by atoms with Crippen LogP contribution in [-0.4, -0.2) is 24.6 Å². The van der Waals surface area contributed by atoms with Gasteiger partial charge in [-0.1, -0.05) is 20.8 Å². The minimum absolute atomic E-state index is 0.792. The molecular formula is C14H25N3S. The third kappa shape index (κ3) is 3.45. The van der Waals surface area contributed by atoms with E-state index in [0.717, 1.165) is 24.9 Å². The highest BCUT2D eigenvalue weighted by atomic mass is 32.1. The van der Waals surface area contributed by atoms with Gasteiger partial charge >= 0.3 is 0 Å². The minimum atomic E-state index is 0.792. The Hall–Kier alpha value is -0.610. The Morgan fingerprint density at radius 2 is 2.39 bits per heavy atom. The van der Waals surface area contributed by atoms with Crippen molar-refractivity contribution in [1.29, 1.82) is 0 Å². The van der Waals surface area contributed by atoms with Crippen LogP contribution in [0.4, 0.5) is 5.13 Å². The van der Waals surface area contributed by atoms with Gasteiger partial charge in [0.05, 0.1) is 0 Å². The molecule has 1 unspecified atom stereocenters. The number of nitrogens with zero attached hydrogens (tertiary/aromatic N) is 2. The Labute approximate surface area is 115 Å². The fourth-order valence-corrected chi connectivity index (χ4v) is 3.33. The van der Waals surface area contributed by atoms with Gasteiger partial charge in [0.2, 0.25) is 0 Å². The number of rotatable bonds is 6. The van der Waals surface area contributed by atoms with Crippen molar-refractivity contribution in [3.05, 3.63) is 11.1 Å². The Morgan fingerprint density at radius 1 is 1.56 bits per heavy atom. The number of nitrogens with one attached hydrogen (secondary N) is 1. The van der Waals surface area contributed by atoms with E-state index in [-0.39, 0.29) is 0 Å². The molecule has 0 saturated carbocycles. The molecule has 3 nitrogen and oxygen atoms in total. The van der Waals surface area contributed by atoms with Crippen LogP contribution >= 0.6 is 11.3 Å². The maximum Gasteiger partial charge on any atom is 0.185 e. The number of anilines is 1. The lowest BCUT2D eigenvalue weighted by molar-refractivity contribution is 0.423. The second-order valence-corrected chi connectivity index (χ2v) is 6.62. The van der Waals surface area contributed by atoms with Crippen LogP contribution < -0.4 is 10.2 Å². The van der Waals surface area contributed by atoms with Gasteiger partial charge in [0.25, 0.3) is 0 Å². The Kier molecular flexibility index (Phi) is 5.01. The Balaban J connectivity index is 1.86. The smallest absolute Gasteiger partial charge is 0.185 e. The second kappa shape index (κ2) is 6.53. The molecule has 0 aliphatic carbocycles. The summed E-state index contributed by atoms with van der Waals surface area (Å²) in [6.07, 6.45) is 4.54. The van der Waals surface area contributed by atoms with E-state index in [0.29, 0.717) is 0 Å². The molecule has 1 saturated heterocycles. The van der Waals surface area contributed by atoms with E-state index >= 15 is 0 Å². The van der Waals surface area contributed by atoms with E-state index in [9.17, 15) is 0 Å². The fourth-order valence-electron chi connectivity index (χ4n) is 2.42. The Bertz CT molecular complexity index is 362. The van der Waals surface area contributed by atoms with Crippen LogP contribution in [0.2, 0.25) is 0 Å². The zero-order chi connectivity index (χ0) is 13.0. The molecule has 1 atom stereocenters. The molecule has 1 N–H and O–H groups in total. The lowest BCUT2D eigenvalue weighted by Crippen LogP contribution is -2.20. The molecule has 1 fully saturated rings. The summed E-state index contributed by atoms with van der Waals surface area (Å²) in [6, 6.07) is 0. The predicted octanol–water partition coefficient (Wildman–Crippen LogP) is 3.13. The summed E-state index contributed by atoms with van der Waals surface area (Å²) in [7, 11) is 0. The van der Waals surface area contributed by atoms with Crippen LogP contribution in [0, 0.1) is 11.8 Å². The summed E-state index contributed by atoms with van der Waals surface area (Å²) in [6.45, 7) is 11.3.